The number of rotatable bonds is 8. The van der Waals surface area contributed by atoms with E-state index in [-0.39, 0.29) is 12.5 Å². The number of amides is 1. The van der Waals surface area contributed by atoms with Crippen LogP contribution >= 0.6 is 0 Å². The summed E-state index contributed by atoms with van der Waals surface area (Å²) in [6.07, 6.45) is 4.38. The molecule has 1 fully saturated rings. The van der Waals surface area contributed by atoms with Gasteiger partial charge in [-0.25, -0.2) is 0 Å². The summed E-state index contributed by atoms with van der Waals surface area (Å²) in [7, 11) is 0. The summed E-state index contributed by atoms with van der Waals surface area (Å²) in [4.78, 5) is 13.9. The van der Waals surface area contributed by atoms with E-state index in [2.05, 4.69) is 19.2 Å². The molecule has 1 aliphatic heterocycles. The SMILES string of the molecule is CCCOCC(=O)N(CCC)CC1CCCN1. The molecule has 1 amide bonds. The van der Waals surface area contributed by atoms with Crippen LogP contribution in [0.3, 0.4) is 0 Å². The minimum Gasteiger partial charge on any atom is -0.372 e. The maximum Gasteiger partial charge on any atom is 0.248 e. The molecule has 1 unspecified atom stereocenters. The third-order valence-electron chi connectivity index (χ3n) is 3.02. The molecule has 1 rings (SSSR count). The highest BCUT2D eigenvalue weighted by Crippen LogP contribution is 2.07. The van der Waals surface area contributed by atoms with Gasteiger partial charge in [-0.2, -0.15) is 0 Å². The van der Waals surface area contributed by atoms with Crippen LogP contribution in [0.25, 0.3) is 0 Å². The van der Waals surface area contributed by atoms with Crippen LogP contribution in [-0.2, 0) is 9.53 Å². The van der Waals surface area contributed by atoms with Crippen molar-refractivity contribution in [1.82, 2.24) is 10.2 Å². The van der Waals surface area contributed by atoms with Gasteiger partial charge in [0.25, 0.3) is 0 Å². The molecular formula is C13H26N2O2. The molecule has 0 radical (unpaired) electrons. The van der Waals surface area contributed by atoms with Gasteiger partial charge < -0.3 is 15.0 Å². The largest absolute Gasteiger partial charge is 0.372 e. The molecule has 1 aliphatic rings. The van der Waals surface area contributed by atoms with Gasteiger partial charge in [0.2, 0.25) is 5.91 Å². The van der Waals surface area contributed by atoms with Crippen LogP contribution in [0.15, 0.2) is 0 Å². The van der Waals surface area contributed by atoms with E-state index < -0.39 is 0 Å². The zero-order valence-electron chi connectivity index (χ0n) is 11.2. The number of carbonyl (C=O) groups is 1. The van der Waals surface area contributed by atoms with Gasteiger partial charge in [0.15, 0.2) is 0 Å². The zero-order chi connectivity index (χ0) is 12.5. The van der Waals surface area contributed by atoms with Crippen LogP contribution in [-0.4, -0.2) is 49.7 Å². The van der Waals surface area contributed by atoms with Crippen molar-refractivity contribution in [3.8, 4) is 0 Å². The second kappa shape index (κ2) is 8.48. The Labute approximate surface area is 105 Å². The van der Waals surface area contributed by atoms with E-state index in [1.807, 2.05) is 4.90 Å². The van der Waals surface area contributed by atoms with Gasteiger partial charge in [-0.1, -0.05) is 13.8 Å². The molecule has 17 heavy (non-hydrogen) atoms. The molecule has 100 valence electrons. The van der Waals surface area contributed by atoms with Crippen LogP contribution in [0.5, 0.6) is 0 Å². The first-order valence-electron chi connectivity index (χ1n) is 6.86. The van der Waals surface area contributed by atoms with Gasteiger partial charge in [0, 0.05) is 25.7 Å². The Kier molecular flexibility index (Phi) is 7.21. The topological polar surface area (TPSA) is 41.6 Å². The van der Waals surface area contributed by atoms with Crippen molar-refractivity contribution in [2.45, 2.75) is 45.6 Å². The van der Waals surface area contributed by atoms with Crippen molar-refractivity contribution in [3.05, 3.63) is 0 Å². The molecular weight excluding hydrogens is 216 g/mol. The summed E-state index contributed by atoms with van der Waals surface area (Å²) in [5, 5.41) is 3.43. The number of ether oxygens (including phenoxy) is 1. The molecule has 0 aromatic heterocycles. The Morgan fingerprint density at radius 2 is 2.24 bits per heavy atom. The average molecular weight is 242 g/mol. The fourth-order valence-electron chi connectivity index (χ4n) is 2.16. The molecule has 1 heterocycles. The van der Waals surface area contributed by atoms with E-state index in [0.29, 0.717) is 12.6 Å². The molecule has 0 bridgehead atoms. The second-order valence-corrected chi connectivity index (χ2v) is 4.69. The maximum atomic E-state index is 12.0. The number of hydrogen-bond donors (Lipinski definition) is 1. The highest BCUT2D eigenvalue weighted by molar-refractivity contribution is 5.77. The Morgan fingerprint density at radius 1 is 1.41 bits per heavy atom. The number of hydrogen-bond acceptors (Lipinski definition) is 3. The first-order valence-corrected chi connectivity index (χ1v) is 6.86. The normalized spacial score (nSPS) is 19.5. The van der Waals surface area contributed by atoms with Crippen LogP contribution in [0.2, 0.25) is 0 Å². The lowest BCUT2D eigenvalue weighted by atomic mass is 10.2. The third kappa shape index (κ3) is 5.50. The lowest BCUT2D eigenvalue weighted by molar-refractivity contribution is -0.136. The lowest BCUT2D eigenvalue weighted by Crippen LogP contribution is -2.43. The molecule has 0 aliphatic carbocycles. The molecule has 1 saturated heterocycles. The smallest absolute Gasteiger partial charge is 0.248 e. The maximum absolute atomic E-state index is 12.0. The van der Waals surface area contributed by atoms with E-state index in [0.717, 1.165) is 32.5 Å². The minimum atomic E-state index is 0.133. The standard InChI is InChI=1S/C13H26N2O2/c1-3-8-15(10-12-6-5-7-14-12)13(16)11-17-9-4-2/h12,14H,3-11H2,1-2H3. The van der Waals surface area contributed by atoms with Crippen LogP contribution in [0.1, 0.15) is 39.5 Å². The summed E-state index contributed by atoms with van der Waals surface area (Å²) in [5.41, 5.74) is 0. The van der Waals surface area contributed by atoms with E-state index in [1.165, 1.54) is 12.8 Å². The quantitative estimate of drug-likeness (QED) is 0.654. The number of nitrogens with one attached hydrogen (secondary N) is 1. The fraction of sp³-hybridized carbons (Fsp3) is 0.923. The van der Waals surface area contributed by atoms with Gasteiger partial charge in [-0.3, -0.25) is 4.79 Å². The highest BCUT2D eigenvalue weighted by atomic mass is 16.5. The summed E-state index contributed by atoms with van der Waals surface area (Å²) in [5.74, 6) is 0.133. The van der Waals surface area contributed by atoms with Crippen molar-refractivity contribution in [3.63, 3.8) is 0 Å². The molecule has 1 N–H and O–H groups in total. The van der Waals surface area contributed by atoms with E-state index in [4.69, 9.17) is 4.74 Å². The Hall–Kier alpha value is -0.610. The van der Waals surface area contributed by atoms with Crippen LogP contribution in [0, 0.1) is 0 Å². The molecule has 0 aromatic carbocycles. The van der Waals surface area contributed by atoms with Gasteiger partial charge in [0.1, 0.15) is 6.61 Å². The van der Waals surface area contributed by atoms with E-state index >= 15 is 0 Å². The molecule has 4 nitrogen and oxygen atoms in total. The summed E-state index contributed by atoms with van der Waals surface area (Å²) in [6, 6.07) is 0.483. The van der Waals surface area contributed by atoms with Gasteiger partial charge in [-0.05, 0) is 32.2 Å². The van der Waals surface area contributed by atoms with Crippen molar-refractivity contribution in [1.29, 1.82) is 0 Å². The van der Waals surface area contributed by atoms with Gasteiger partial charge in [0.05, 0.1) is 0 Å². The first-order chi connectivity index (χ1) is 8.27. The molecule has 0 saturated carbocycles. The van der Waals surface area contributed by atoms with Gasteiger partial charge >= 0.3 is 0 Å². The van der Waals surface area contributed by atoms with E-state index in [9.17, 15) is 4.79 Å². The van der Waals surface area contributed by atoms with Crippen molar-refractivity contribution in [2.24, 2.45) is 0 Å². The first kappa shape index (κ1) is 14.5. The predicted octanol–water partition coefficient (Wildman–Crippen LogP) is 1.40. The zero-order valence-corrected chi connectivity index (χ0v) is 11.2. The minimum absolute atomic E-state index is 0.133. The summed E-state index contributed by atoms with van der Waals surface area (Å²) in [6.45, 7) is 7.83. The third-order valence-corrected chi connectivity index (χ3v) is 3.02. The highest BCUT2D eigenvalue weighted by Gasteiger charge is 2.20. The predicted molar refractivity (Wildman–Crippen MR) is 69.0 cm³/mol. The van der Waals surface area contributed by atoms with Gasteiger partial charge in [-0.15, -0.1) is 0 Å². The van der Waals surface area contributed by atoms with E-state index in [1.54, 1.807) is 0 Å². The van der Waals surface area contributed by atoms with Crippen LogP contribution < -0.4 is 5.32 Å². The summed E-state index contributed by atoms with van der Waals surface area (Å²) >= 11 is 0. The fourth-order valence-corrected chi connectivity index (χ4v) is 2.16. The van der Waals surface area contributed by atoms with Crippen molar-refractivity contribution >= 4 is 5.91 Å². The Bertz CT molecular complexity index is 215. The second-order valence-electron chi connectivity index (χ2n) is 4.69. The van der Waals surface area contributed by atoms with Crippen LogP contribution in [0.4, 0.5) is 0 Å². The number of carbonyl (C=O) groups excluding carboxylic acids is 1. The molecule has 0 aromatic rings. The lowest BCUT2D eigenvalue weighted by Gasteiger charge is -2.25. The van der Waals surface area contributed by atoms with Crippen molar-refractivity contribution in [2.75, 3.05) is 32.8 Å². The van der Waals surface area contributed by atoms with Crippen molar-refractivity contribution < 1.29 is 9.53 Å². The molecule has 0 spiro atoms. The molecule has 1 atom stereocenters. The Morgan fingerprint density at radius 3 is 2.82 bits per heavy atom. The Balaban J connectivity index is 2.31. The molecule has 4 heteroatoms. The average Bonchev–Trinajstić information content (AvgIpc) is 2.81. The monoisotopic (exact) mass is 242 g/mol. The number of nitrogens with zero attached hydrogens (tertiary/aromatic N) is 1. The summed E-state index contributed by atoms with van der Waals surface area (Å²) < 4.78 is 5.32.